The number of nitrogen functional groups attached to an aromatic ring is 1. The SMILES string of the molecule is Nc1nc(-c2ccc(Cl)cc2Cl)nc(S(=O)Cc2ccccc2)n1.O. The standard InChI is InChI=1S/C16H12Cl2N4OS.H2O/c17-11-6-7-12(13(18)8-11)14-20-15(19)22-16(21-14)24(23)9-10-4-2-1-3-5-10;/h1-8H,9H2,(H2,19,20,21,22);1H2. The van der Waals surface area contributed by atoms with Gasteiger partial charge in [-0.1, -0.05) is 53.5 Å². The van der Waals surface area contributed by atoms with Crippen molar-refractivity contribution in [3.63, 3.8) is 0 Å². The number of anilines is 1. The Kier molecular flexibility index (Phi) is 6.44. The molecule has 9 heteroatoms. The molecule has 1 heterocycles. The van der Waals surface area contributed by atoms with Crippen LogP contribution < -0.4 is 5.73 Å². The lowest BCUT2D eigenvalue weighted by Gasteiger charge is -2.07. The smallest absolute Gasteiger partial charge is 0.224 e. The van der Waals surface area contributed by atoms with Crippen LogP contribution in [0.5, 0.6) is 0 Å². The molecule has 0 aliphatic rings. The van der Waals surface area contributed by atoms with E-state index in [4.69, 9.17) is 28.9 Å². The van der Waals surface area contributed by atoms with E-state index in [-0.39, 0.29) is 28.2 Å². The highest BCUT2D eigenvalue weighted by atomic mass is 35.5. The molecule has 1 unspecified atom stereocenters. The molecule has 0 saturated carbocycles. The Morgan fingerprint density at radius 1 is 1.00 bits per heavy atom. The summed E-state index contributed by atoms with van der Waals surface area (Å²) in [4.78, 5) is 12.3. The van der Waals surface area contributed by atoms with Gasteiger partial charge >= 0.3 is 0 Å². The van der Waals surface area contributed by atoms with E-state index in [0.717, 1.165) is 5.56 Å². The Morgan fingerprint density at radius 2 is 1.72 bits per heavy atom. The molecule has 6 nitrogen and oxygen atoms in total. The van der Waals surface area contributed by atoms with Crippen LogP contribution in [0.4, 0.5) is 5.95 Å². The number of hydrogen-bond donors (Lipinski definition) is 1. The van der Waals surface area contributed by atoms with E-state index in [1.165, 1.54) is 0 Å². The lowest BCUT2D eigenvalue weighted by atomic mass is 10.2. The Balaban J connectivity index is 0.00000225. The van der Waals surface area contributed by atoms with E-state index >= 15 is 0 Å². The molecular weight excluding hydrogens is 383 g/mol. The normalized spacial score (nSPS) is 11.6. The van der Waals surface area contributed by atoms with Crippen molar-refractivity contribution in [2.75, 3.05) is 5.73 Å². The molecule has 0 radical (unpaired) electrons. The Labute approximate surface area is 156 Å². The second-order valence-corrected chi connectivity index (χ2v) is 7.09. The van der Waals surface area contributed by atoms with Crippen molar-refractivity contribution >= 4 is 39.9 Å². The predicted octanol–water partition coefficient (Wildman–Crippen LogP) is 2.91. The molecule has 25 heavy (non-hydrogen) atoms. The van der Waals surface area contributed by atoms with Crippen LogP contribution in [0.1, 0.15) is 5.56 Å². The van der Waals surface area contributed by atoms with Crippen LogP contribution in [0.15, 0.2) is 53.7 Å². The predicted molar refractivity (Wildman–Crippen MR) is 99.9 cm³/mol. The summed E-state index contributed by atoms with van der Waals surface area (Å²) in [6.45, 7) is 0. The first kappa shape index (κ1) is 19.3. The number of hydrogen-bond acceptors (Lipinski definition) is 5. The highest BCUT2D eigenvalue weighted by Gasteiger charge is 2.15. The third kappa shape index (κ3) is 4.73. The van der Waals surface area contributed by atoms with Crippen LogP contribution in [0, 0.1) is 0 Å². The van der Waals surface area contributed by atoms with E-state index in [9.17, 15) is 4.21 Å². The van der Waals surface area contributed by atoms with Crippen LogP contribution in [-0.2, 0) is 16.6 Å². The molecule has 0 spiro atoms. The average Bonchev–Trinajstić information content (AvgIpc) is 2.55. The minimum atomic E-state index is -1.45. The summed E-state index contributed by atoms with van der Waals surface area (Å²) in [6, 6.07) is 14.4. The Morgan fingerprint density at radius 3 is 2.40 bits per heavy atom. The highest BCUT2D eigenvalue weighted by molar-refractivity contribution is 7.84. The van der Waals surface area contributed by atoms with Gasteiger partial charge in [-0.05, 0) is 23.8 Å². The molecule has 4 N–H and O–H groups in total. The van der Waals surface area contributed by atoms with Crippen LogP contribution in [0.2, 0.25) is 10.0 Å². The van der Waals surface area contributed by atoms with E-state index < -0.39 is 10.8 Å². The monoisotopic (exact) mass is 396 g/mol. The molecule has 0 fully saturated rings. The molecule has 0 saturated heterocycles. The summed E-state index contributed by atoms with van der Waals surface area (Å²) >= 11 is 12.1. The van der Waals surface area contributed by atoms with E-state index in [1.807, 2.05) is 30.3 Å². The fourth-order valence-corrected chi connectivity index (χ4v) is 3.56. The first-order valence-corrected chi connectivity index (χ1v) is 8.99. The fraction of sp³-hybridized carbons (Fsp3) is 0.0625. The lowest BCUT2D eigenvalue weighted by molar-refractivity contribution is 0.674. The van der Waals surface area contributed by atoms with Gasteiger partial charge < -0.3 is 11.2 Å². The van der Waals surface area contributed by atoms with Gasteiger partial charge in [0.15, 0.2) is 5.82 Å². The number of benzene rings is 2. The molecule has 0 aliphatic carbocycles. The number of aromatic nitrogens is 3. The first-order chi connectivity index (χ1) is 11.5. The van der Waals surface area contributed by atoms with Crippen LogP contribution in [-0.4, -0.2) is 24.6 Å². The van der Waals surface area contributed by atoms with Crippen LogP contribution in [0.3, 0.4) is 0 Å². The molecule has 1 aromatic heterocycles. The second-order valence-electron chi connectivity index (χ2n) is 4.90. The molecule has 1 atom stereocenters. The van der Waals surface area contributed by atoms with Crippen molar-refractivity contribution in [2.24, 2.45) is 0 Å². The third-order valence-electron chi connectivity index (χ3n) is 3.15. The number of rotatable bonds is 4. The summed E-state index contributed by atoms with van der Waals surface area (Å²) < 4.78 is 12.5. The maximum Gasteiger partial charge on any atom is 0.224 e. The zero-order valence-electron chi connectivity index (χ0n) is 12.8. The third-order valence-corrected chi connectivity index (χ3v) is 4.88. The summed E-state index contributed by atoms with van der Waals surface area (Å²) in [7, 11) is -1.45. The van der Waals surface area contributed by atoms with E-state index in [2.05, 4.69) is 15.0 Å². The van der Waals surface area contributed by atoms with Gasteiger partial charge in [0.05, 0.1) is 21.6 Å². The highest BCUT2D eigenvalue weighted by Crippen LogP contribution is 2.28. The van der Waals surface area contributed by atoms with Gasteiger partial charge in [-0.15, -0.1) is 0 Å². The maximum atomic E-state index is 12.5. The van der Waals surface area contributed by atoms with Crippen molar-refractivity contribution in [3.8, 4) is 11.4 Å². The molecule has 2 aromatic carbocycles. The second kappa shape index (κ2) is 8.35. The maximum absolute atomic E-state index is 12.5. The summed E-state index contributed by atoms with van der Waals surface area (Å²) in [5.41, 5.74) is 7.21. The molecule has 0 aliphatic heterocycles. The number of nitrogens with zero attached hydrogens (tertiary/aromatic N) is 3. The minimum absolute atomic E-state index is 0. The summed E-state index contributed by atoms with van der Waals surface area (Å²) in [5, 5.41) is 0.999. The van der Waals surface area contributed by atoms with Crippen molar-refractivity contribution in [1.29, 1.82) is 0 Å². The Bertz CT molecular complexity index is 910. The lowest BCUT2D eigenvalue weighted by Crippen LogP contribution is -2.08. The number of nitrogens with two attached hydrogens (primary N) is 1. The summed E-state index contributed by atoms with van der Waals surface area (Å²) in [5.74, 6) is 0.543. The van der Waals surface area contributed by atoms with E-state index in [1.54, 1.807) is 18.2 Å². The van der Waals surface area contributed by atoms with E-state index in [0.29, 0.717) is 15.6 Å². The van der Waals surface area contributed by atoms with Gasteiger partial charge in [-0.3, -0.25) is 4.21 Å². The van der Waals surface area contributed by atoms with Crippen LogP contribution >= 0.6 is 23.2 Å². The van der Waals surface area contributed by atoms with Crippen molar-refractivity contribution in [1.82, 2.24) is 15.0 Å². The average molecular weight is 397 g/mol. The summed E-state index contributed by atoms with van der Waals surface area (Å²) in [6.07, 6.45) is 0. The van der Waals surface area contributed by atoms with Gasteiger partial charge in [0, 0.05) is 10.6 Å². The van der Waals surface area contributed by atoms with Crippen LogP contribution in [0.25, 0.3) is 11.4 Å². The molecular formula is C16H14Cl2N4O2S. The molecule has 3 rings (SSSR count). The minimum Gasteiger partial charge on any atom is -0.412 e. The van der Waals surface area contributed by atoms with Gasteiger partial charge in [0.2, 0.25) is 11.1 Å². The molecule has 3 aromatic rings. The quantitative estimate of drug-likeness (QED) is 0.727. The Hall–Kier alpha value is -2.06. The largest absolute Gasteiger partial charge is 0.412 e. The zero-order valence-corrected chi connectivity index (χ0v) is 15.1. The number of halogens is 2. The van der Waals surface area contributed by atoms with Crippen molar-refractivity contribution in [2.45, 2.75) is 10.9 Å². The van der Waals surface area contributed by atoms with Gasteiger partial charge in [-0.2, -0.15) is 9.97 Å². The molecule has 0 bridgehead atoms. The fourth-order valence-electron chi connectivity index (χ4n) is 2.06. The first-order valence-electron chi connectivity index (χ1n) is 6.92. The van der Waals surface area contributed by atoms with Gasteiger partial charge in [0.25, 0.3) is 0 Å². The van der Waals surface area contributed by atoms with Gasteiger partial charge in [-0.25, -0.2) is 4.98 Å². The van der Waals surface area contributed by atoms with Crippen molar-refractivity contribution < 1.29 is 9.69 Å². The molecule has 130 valence electrons. The van der Waals surface area contributed by atoms with Crippen molar-refractivity contribution in [3.05, 3.63) is 64.1 Å². The zero-order chi connectivity index (χ0) is 17.1. The molecule has 0 amide bonds. The van der Waals surface area contributed by atoms with Gasteiger partial charge in [0.1, 0.15) is 0 Å². The topological polar surface area (TPSA) is 113 Å².